The molecule has 2 atom stereocenters. The van der Waals surface area contributed by atoms with E-state index in [1.54, 1.807) is 38.7 Å². The van der Waals surface area contributed by atoms with Gasteiger partial charge in [-0.2, -0.15) is 10.2 Å². The molecule has 4 heterocycles. The fraction of sp³-hybridized carbons (Fsp3) is 0.405. The normalized spacial score (nSPS) is 21.3. The van der Waals surface area contributed by atoms with E-state index in [0.717, 1.165) is 74.7 Å². The maximum atomic E-state index is 13.1. The molecular weight excluding hydrogens is 691 g/mol. The van der Waals surface area contributed by atoms with Crippen LogP contribution in [0.5, 0.6) is 5.75 Å². The minimum Gasteiger partial charge on any atom is -0.491 e. The summed E-state index contributed by atoms with van der Waals surface area (Å²) < 4.78 is 23.9. The molecule has 0 amide bonds. The molecular formula is C37H40Cl2N8O4. The quantitative estimate of drug-likeness (QED) is 0.168. The summed E-state index contributed by atoms with van der Waals surface area (Å²) in [7, 11) is 0. The van der Waals surface area contributed by atoms with Crippen LogP contribution in [-0.4, -0.2) is 74.6 Å². The van der Waals surface area contributed by atoms with Crippen LogP contribution in [0.25, 0.3) is 5.69 Å². The Morgan fingerprint density at radius 1 is 0.824 bits per heavy atom. The van der Waals surface area contributed by atoms with Crippen LogP contribution in [0.2, 0.25) is 10.0 Å². The highest BCUT2D eigenvalue weighted by Gasteiger charge is 2.45. The molecule has 0 bridgehead atoms. The molecule has 12 nitrogen and oxygen atoms in total. The van der Waals surface area contributed by atoms with E-state index in [9.17, 15) is 4.79 Å². The van der Waals surface area contributed by atoms with E-state index in [1.807, 2.05) is 30.3 Å². The van der Waals surface area contributed by atoms with E-state index < -0.39 is 5.79 Å². The Bertz CT molecular complexity index is 1970. The van der Waals surface area contributed by atoms with Crippen molar-refractivity contribution in [2.24, 2.45) is 0 Å². The lowest BCUT2D eigenvalue weighted by Gasteiger charge is -2.37. The number of rotatable bonds is 10. The van der Waals surface area contributed by atoms with E-state index >= 15 is 0 Å². The number of benzene rings is 3. The third-order valence-electron chi connectivity index (χ3n) is 10.1. The first-order valence-electron chi connectivity index (χ1n) is 17.5. The van der Waals surface area contributed by atoms with Crippen molar-refractivity contribution in [2.45, 2.75) is 56.6 Å². The number of aromatic nitrogens is 6. The van der Waals surface area contributed by atoms with Gasteiger partial charge in [-0.1, -0.05) is 48.5 Å². The average molecular weight is 732 g/mol. The summed E-state index contributed by atoms with van der Waals surface area (Å²) in [5.41, 5.74) is 3.76. The number of nitrogens with zero attached hydrogens (tertiary/aromatic N) is 8. The average Bonchev–Trinajstić information content (AvgIpc) is 3.93. The van der Waals surface area contributed by atoms with Crippen LogP contribution in [-0.2, 0) is 21.8 Å². The summed E-state index contributed by atoms with van der Waals surface area (Å²) in [5.74, 6) is -0.405. The second kappa shape index (κ2) is 14.7. The van der Waals surface area contributed by atoms with Crippen molar-refractivity contribution in [1.29, 1.82) is 0 Å². The zero-order chi connectivity index (χ0) is 34.8. The summed E-state index contributed by atoms with van der Waals surface area (Å²) in [6.07, 6.45) is 10.0. The van der Waals surface area contributed by atoms with Crippen LogP contribution in [0.4, 0.5) is 11.4 Å². The first-order valence-corrected chi connectivity index (χ1v) is 18.3. The fourth-order valence-corrected chi connectivity index (χ4v) is 7.89. The van der Waals surface area contributed by atoms with E-state index in [0.29, 0.717) is 28.8 Å². The fourth-order valence-electron chi connectivity index (χ4n) is 7.34. The molecule has 3 fully saturated rings. The lowest BCUT2D eigenvalue weighted by Crippen LogP contribution is -2.46. The summed E-state index contributed by atoms with van der Waals surface area (Å²) in [6, 6.07) is 21.9. The molecule has 0 unspecified atom stereocenters. The second-order valence-corrected chi connectivity index (χ2v) is 14.2. The minimum atomic E-state index is -1.16. The van der Waals surface area contributed by atoms with E-state index in [4.69, 9.17) is 37.4 Å². The topological polar surface area (TPSA) is 105 Å². The van der Waals surface area contributed by atoms with Crippen LogP contribution in [0.3, 0.4) is 0 Å². The standard InChI is InChI=1S/C37H40Cl2N8O4/c38-27-6-15-34(35(39)20-27)37(23-45-25-40-24-41-45)50-22-33(51-37)21-49-32-13-11-29(12-14-32)44-18-16-43(17-19-44)28-7-9-30(10-8-28)46-26-42-47(36(46)48)31-4-2-1-3-5-31/h6-15,20,24-26,31,33H,1-5,16-19,21-23H2/t33-,37-/m0/s1. The van der Waals surface area contributed by atoms with E-state index in [2.05, 4.69) is 49.2 Å². The summed E-state index contributed by atoms with van der Waals surface area (Å²) in [5, 5.41) is 9.67. The van der Waals surface area contributed by atoms with Gasteiger partial charge in [0, 0.05) is 48.1 Å². The monoisotopic (exact) mass is 730 g/mol. The Hall–Kier alpha value is -4.36. The lowest BCUT2D eigenvalue weighted by atomic mass is 9.96. The maximum absolute atomic E-state index is 13.1. The van der Waals surface area contributed by atoms with Crippen LogP contribution >= 0.6 is 23.2 Å². The predicted molar refractivity (Wildman–Crippen MR) is 195 cm³/mol. The Labute approximate surface area is 306 Å². The SMILES string of the molecule is O=c1n(-c2ccc(N3CCN(c4ccc(OC[C@H]5CO[C@](Cn6cncn6)(c6ccc(Cl)cc6Cl)O5)cc4)CC3)cc2)cnn1C1CCCCC1. The number of ether oxygens (including phenoxy) is 3. The van der Waals surface area contributed by atoms with Crippen molar-refractivity contribution in [1.82, 2.24) is 29.1 Å². The van der Waals surface area contributed by atoms with Gasteiger partial charge in [0.25, 0.3) is 0 Å². The molecule has 0 N–H and O–H groups in total. The van der Waals surface area contributed by atoms with Gasteiger partial charge in [0.1, 0.15) is 44.0 Å². The third kappa shape index (κ3) is 7.23. The highest BCUT2D eigenvalue weighted by Crippen LogP contribution is 2.40. The Morgan fingerprint density at radius 3 is 2.18 bits per heavy atom. The zero-order valence-corrected chi connectivity index (χ0v) is 29.7. The maximum Gasteiger partial charge on any atom is 0.350 e. The number of hydrogen-bond acceptors (Lipinski definition) is 9. The molecule has 51 heavy (non-hydrogen) atoms. The third-order valence-corrected chi connectivity index (χ3v) is 10.6. The van der Waals surface area contributed by atoms with E-state index in [1.165, 1.54) is 12.7 Å². The Kier molecular flexibility index (Phi) is 9.74. The molecule has 1 aliphatic carbocycles. The molecule has 2 saturated heterocycles. The number of halogens is 2. The zero-order valence-electron chi connectivity index (χ0n) is 28.2. The molecule has 0 spiro atoms. The summed E-state index contributed by atoms with van der Waals surface area (Å²) in [6.45, 7) is 4.47. The Balaban J connectivity index is 0.842. The smallest absolute Gasteiger partial charge is 0.350 e. The van der Waals surface area contributed by atoms with Gasteiger partial charge in [0.2, 0.25) is 5.79 Å². The van der Waals surface area contributed by atoms with Crippen LogP contribution in [0.1, 0.15) is 43.7 Å². The molecule has 2 aliphatic heterocycles. The van der Waals surface area contributed by atoms with Gasteiger partial charge in [-0.15, -0.1) is 0 Å². The van der Waals surface area contributed by atoms with Crippen molar-refractivity contribution in [3.8, 4) is 11.4 Å². The molecule has 14 heteroatoms. The molecule has 8 rings (SSSR count). The van der Waals surface area contributed by atoms with Crippen molar-refractivity contribution in [2.75, 3.05) is 49.2 Å². The number of anilines is 2. The van der Waals surface area contributed by atoms with Gasteiger partial charge in [-0.25, -0.2) is 23.7 Å². The first-order chi connectivity index (χ1) is 24.9. The second-order valence-electron chi connectivity index (χ2n) is 13.3. The largest absolute Gasteiger partial charge is 0.491 e. The van der Waals surface area contributed by atoms with Crippen molar-refractivity contribution < 1.29 is 14.2 Å². The molecule has 3 aliphatic rings. The molecule has 5 aromatic rings. The highest BCUT2D eigenvalue weighted by molar-refractivity contribution is 6.35. The molecule has 2 aromatic heterocycles. The van der Waals surface area contributed by atoms with Crippen molar-refractivity contribution in [3.63, 3.8) is 0 Å². The Morgan fingerprint density at radius 2 is 1.51 bits per heavy atom. The molecule has 0 radical (unpaired) electrons. The molecule has 3 aromatic carbocycles. The van der Waals surface area contributed by atoms with Gasteiger partial charge in [0.15, 0.2) is 0 Å². The van der Waals surface area contributed by atoms with Gasteiger partial charge in [0.05, 0.1) is 23.4 Å². The van der Waals surface area contributed by atoms with Gasteiger partial charge in [-0.3, -0.25) is 0 Å². The lowest BCUT2D eigenvalue weighted by molar-refractivity contribution is -0.190. The van der Waals surface area contributed by atoms with Crippen LogP contribution < -0.4 is 20.2 Å². The first kappa shape index (κ1) is 33.8. The molecule has 266 valence electrons. The highest BCUT2D eigenvalue weighted by atomic mass is 35.5. The van der Waals surface area contributed by atoms with Gasteiger partial charge in [-0.05, 0) is 73.5 Å². The molecule has 1 saturated carbocycles. The summed E-state index contributed by atoms with van der Waals surface area (Å²) >= 11 is 12.8. The van der Waals surface area contributed by atoms with Crippen LogP contribution in [0, 0.1) is 0 Å². The van der Waals surface area contributed by atoms with E-state index in [-0.39, 0.29) is 24.4 Å². The summed E-state index contributed by atoms with van der Waals surface area (Å²) in [4.78, 5) is 21.9. The van der Waals surface area contributed by atoms with Crippen molar-refractivity contribution >= 4 is 34.6 Å². The van der Waals surface area contributed by atoms with Gasteiger partial charge < -0.3 is 24.0 Å². The van der Waals surface area contributed by atoms with Crippen LogP contribution in [0.15, 0.2) is 90.5 Å². The predicted octanol–water partition coefficient (Wildman–Crippen LogP) is 6.11. The minimum absolute atomic E-state index is 0.0542. The van der Waals surface area contributed by atoms with Crippen molar-refractivity contribution in [3.05, 3.63) is 112 Å². The number of piperazine rings is 1. The number of hydrogen-bond donors (Lipinski definition) is 0. The van der Waals surface area contributed by atoms with Gasteiger partial charge >= 0.3 is 5.69 Å².